The zero-order valence-electron chi connectivity index (χ0n) is 7.99. The quantitative estimate of drug-likeness (QED) is 0.742. The van der Waals surface area contributed by atoms with Crippen molar-refractivity contribution in [2.24, 2.45) is 11.7 Å². The fourth-order valence-corrected chi connectivity index (χ4v) is 1.18. The van der Waals surface area contributed by atoms with E-state index in [4.69, 9.17) is 5.73 Å². The van der Waals surface area contributed by atoms with Crippen molar-refractivity contribution in [3.63, 3.8) is 0 Å². The van der Waals surface area contributed by atoms with Gasteiger partial charge in [0.15, 0.2) is 0 Å². The Bertz CT molecular complexity index is 240. The van der Waals surface area contributed by atoms with E-state index < -0.39 is 0 Å². The minimum Gasteiger partial charge on any atom is -0.334 e. The minimum absolute atomic E-state index is 0.0555. The molecule has 1 aromatic rings. The highest BCUT2D eigenvalue weighted by atomic mass is 15.1. The van der Waals surface area contributed by atoms with Gasteiger partial charge in [0.05, 0.1) is 6.04 Å². The first kappa shape index (κ1) is 9.26. The van der Waals surface area contributed by atoms with Crippen LogP contribution in [0.2, 0.25) is 0 Å². The van der Waals surface area contributed by atoms with Gasteiger partial charge in [-0.05, 0) is 12.8 Å². The van der Waals surface area contributed by atoms with Crippen molar-refractivity contribution >= 4 is 0 Å². The Morgan fingerprint density at radius 2 is 2.25 bits per heavy atom. The third kappa shape index (κ3) is 1.67. The third-order valence-corrected chi connectivity index (χ3v) is 2.10. The van der Waals surface area contributed by atoms with Crippen LogP contribution < -0.4 is 5.73 Å². The maximum absolute atomic E-state index is 5.98. The molecule has 68 valence electrons. The number of imidazole rings is 1. The second-order valence-corrected chi connectivity index (χ2v) is 3.34. The van der Waals surface area contributed by atoms with Crippen molar-refractivity contribution < 1.29 is 0 Å². The molecule has 0 amide bonds. The maximum Gasteiger partial charge on any atom is 0.125 e. The maximum atomic E-state index is 5.98. The molecule has 0 saturated carbocycles. The van der Waals surface area contributed by atoms with Crippen molar-refractivity contribution in [2.75, 3.05) is 0 Å². The summed E-state index contributed by atoms with van der Waals surface area (Å²) in [5.74, 6) is 1.44. The van der Waals surface area contributed by atoms with Gasteiger partial charge >= 0.3 is 0 Å². The first-order valence-electron chi connectivity index (χ1n) is 4.43. The van der Waals surface area contributed by atoms with Crippen LogP contribution in [0, 0.1) is 5.92 Å². The van der Waals surface area contributed by atoms with E-state index in [0.717, 1.165) is 12.4 Å². The Balaban J connectivity index is 2.86. The van der Waals surface area contributed by atoms with Crippen LogP contribution in [0.3, 0.4) is 0 Å². The zero-order valence-corrected chi connectivity index (χ0v) is 7.99. The molecule has 0 fully saturated rings. The van der Waals surface area contributed by atoms with Crippen LogP contribution in [0.5, 0.6) is 0 Å². The number of nitrogens with zero attached hydrogens (tertiary/aromatic N) is 2. The van der Waals surface area contributed by atoms with Crippen molar-refractivity contribution in [1.82, 2.24) is 9.55 Å². The SMILES string of the molecule is CCn1ccnc1C(N)C(C)C. The Morgan fingerprint density at radius 3 is 2.75 bits per heavy atom. The molecule has 1 unspecified atom stereocenters. The fourth-order valence-electron chi connectivity index (χ4n) is 1.18. The van der Waals surface area contributed by atoms with E-state index in [2.05, 4.69) is 30.3 Å². The van der Waals surface area contributed by atoms with E-state index in [9.17, 15) is 0 Å². The van der Waals surface area contributed by atoms with Crippen LogP contribution in [-0.2, 0) is 6.54 Å². The van der Waals surface area contributed by atoms with Crippen LogP contribution >= 0.6 is 0 Å². The topological polar surface area (TPSA) is 43.8 Å². The predicted molar refractivity (Wildman–Crippen MR) is 49.7 cm³/mol. The van der Waals surface area contributed by atoms with Crippen molar-refractivity contribution in [1.29, 1.82) is 0 Å². The van der Waals surface area contributed by atoms with E-state index in [0.29, 0.717) is 5.92 Å². The Hall–Kier alpha value is -0.830. The summed E-state index contributed by atoms with van der Waals surface area (Å²) >= 11 is 0. The van der Waals surface area contributed by atoms with Crippen LogP contribution in [0.15, 0.2) is 12.4 Å². The first-order valence-corrected chi connectivity index (χ1v) is 4.43. The molecule has 1 heterocycles. The van der Waals surface area contributed by atoms with E-state index in [-0.39, 0.29) is 6.04 Å². The van der Waals surface area contributed by atoms with Crippen LogP contribution in [-0.4, -0.2) is 9.55 Å². The summed E-state index contributed by atoms with van der Waals surface area (Å²) in [5.41, 5.74) is 5.98. The minimum atomic E-state index is 0.0555. The summed E-state index contributed by atoms with van der Waals surface area (Å²) in [6.45, 7) is 7.26. The van der Waals surface area contributed by atoms with Crippen LogP contribution in [0.1, 0.15) is 32.6 Å². The standard InChI is InChI=1S/C9H17N3/c1-4-12-6-5-11-9(12)8(10)7(2)3/h5-8H,4,10H2,1-3H3. The monoisotopic (exact) mass is 167 g/mol. The van der Waals surface area contributed by atoms with E-state index in [1.165, 1.54) is 0 Å². The van der Waals surface area contributed by atoms with Gasteiger partial charge in [0, 0.05) is 18.9 Å². The lowest BCUT2D eigenvalue weighted by Crippen LogP contribution is -2.21. The molecule has 0 spiro atoms. The summed E-state index contributed by atoms with van der Waals surface area (Å²) in [6.07, 6.45) is 3.78. The van der Waals surface area contributed by atoms with Crippen molar-refractivity contribution in [2.45, 2.75) is 33.4 Å². The first-order chi connectivity index (χ1) is 5.66. The smallest absolute Gasteiger partial charge is 0.125 e. The highest BCUT2D eigenvalue weighted by Gasteiger charge is 2.14. The van der Waals surface area contributed by atoms with Crippen molar-refractivity contribution in [3.05, 3.63) is 18.2 Å². The Kier molecular flexibility index (Phi) is 2.87. The second kappa shape index (κ2) is 3.72. The average molecular weight is 167 g/mol. The van der Waals surface area contributed by atoms with Gasteiger partial charge in [-0.3, -0.25) is 0 Å². The summed E-state index contributed by atoms with van der Waals surface area (Å²) in [6, 6.07) is 0.0555. The van der Waals surface area contributed by atoms with Gasteiger partial charge in [-0.2, -0.15) is 0 Å². The summed E-state index contributed by atoms with van der Waals surface area (Å²) in [5, 5.41) is 0. The van der Waals surface area contributed by atoms with E-state index >= 15 is 0 Å². The number of aryl methyl sites for hydroxylation is 1. The molecule has 3 heteroatoms. The van der Waals surface area contributed by atoms with Gasteiger partial charge < -0.3 is 10.3 Å². The summed E-state index contributed by atoms with van der Waals surface area (Å²) in [7, 11) is 0. The Labute approximate surface area is 73.6 Å². The molecule has 0 aliphatic rings. The van der Waals surface area contributed by atoms with Gasteiger partial charge in [-0.25, -0.2) is 4.98 Å². The summed E-state index contributed by atoms with van der Waals surface area (Å²) < 4.78 is 2.09. The van der Waals surface area contributed by atoms with Crippen LogP contribution in [0.4, 0.5) is 0 Å². The number of hydrogen-bond acceptors (Lipinski definition) is 2. The van der Waals surface area contributed by atoms with Gasteiger partial charge in [0.1, 0.15) is 5.82 Å². The molecule has 1 aromatic heterocycles. The van der Waals surface area contributed by atoms with Gasteiger partial charge in [0.25, 0.3) is 0 Å². The Morgan fingerprint density at radius 1 is 1.58 bits per heavy atom. The molecule has 0 aliphatic heterocycles. The largest absolute Gasteiger partial charge is 0.334 e. The molecule has 0 bridgehead atoms. The van der Waals surface area contributed by atoms with E-state index in [1.54, 1.807) is 6.20 Å². The highest BCUT2D eigenvalue weighted by Crippen LogP contribution is 2.16. The molecular weight excluding hydrogens is 150 g/mol. The molecule has 0 aromatic carbocycles. The number of aromatic nitrogens is 2. The molecule has 3 nitrogen and oxygen atoms in total. The molecule has 1 atom stereocenters. The molecule has 0 radical (unpaired) electrons. The van der Waals surface area contributed by atoms with Gasteiger partial charge in [-0.1, -0.05) is 13.8 Å². The number of rotatable bonds is 3. The average Bonchev–Trinajstić information content (AvgIpc) is 2.49. The molecular formula is C9H17N3. The molecule has 0 saturated heterocycles. The molecule has 1 rings (SSSR count). The highest BCUT2D eigenvalue weighted by molar-refractivity contribution is 4.99. The lowest BCUT2D eigenvalue weighted by atomic mass is 10.1. The number of nitrogens with two attached hydrogens (primary N) is 1. The third-order valence-electron chi connectivity index (χ3n) is 2.10. The summed E-state index contributed by atoms with van der Waals surface area (Å²) in [4.78, 5) is 4.25. The lowest BCUT2D eigenvalue weighted by Gasteiger charge is -2.15. The van der Waals surface area contributed by atoms with Crippen LogP contribution in [0.25, 0.3) is 0 Å². The number of hydrogen-bond donors (Lipinski definition) is 1. The zero-order chi connectivity index (χ0) is 9.14. The normalized spacial score (nSPS) is 13.8. The van der Waals surface area contributed by atoms with Crippen molar-refractivity contribution in [3.8, 4) is 0 Å². The predicted octanol–water partition coefficient (Wildman–Crippen LogP) is 1.56. The molecule has 0 aliphatic carbocycles. The molecule has 12 heavy (non-hydrogen) atoms. The van der Waals surface area contributed by atoms with Gasteiger partial charge in [-0.15, -0.1) is 0 Å². The van der Waals surface area contributed by atoms with E-state index in [1.807, 2.05) is 6.20 Å². The lowest BCUT2D eigenvalue weighted by molar-refractivity contribution is 0.469. The second-order valence-electron chi connectivity index (χ2n) is 3.34. The van der Waals surface area contributed by atoms with Gasteiger partial charge in [0.2, 0.25) is 0 Å². The molecule has 2 N–H and O–H groups in total. The fraction of sp³-hybridized carbons (Fsp3) is 0.667.